The zero-order valence-electron chi connectivity index (χ0n) is 12.2. The third-order valence-electron chi connectivity index (χ3n) is 4.22. The highest BCUT2D eigenvalue weighted by Gasteiger charge is 2.22. The summed E-state index contributed by atoms with van der Waals surface area (Å²) in [7, 11) is 0. The molecule has 2 aliphatic rings. The third-order valence-corrected chi connectivity index (χ3v) is 4.22. The van der Waals surface area contributed by atoms with E-state index < -0.39 is 0 Å². The molecule has 1 atom stereocenters. The van der Waals surface area contributed by atoms with Crippen molar-refractivity contribution >= 4 is 0 Å². The van der Waals surface area contributed by atoms with E-state index in [9.17, 15) is 0 Å². The fourth-order valence-electron chi connectivity index (χ4n) is 3.23. The van der Waals surface area contributed by atoms with E-state index in [0.29, 0.717) is 6.10 Å². The number of nitrogens with zero attached hydrogens (tertiary/aromatic N) is 3. The number of rotatable bonds is 4. The Hall–Kier alpha value is -0.970. The lowest BCUT2D eigenvalue weighted by atomic mass is 10.2. The summed E-state index contributed by atoms with van der Waals surface area (Å²) >= 11 is 0. The Bertz CT molecular complexity index is 392. The van der Waals surface area contributed by atoms with E-state index in [2.05, 4.69) is 20.9 Å². The summed E-state index contributed by atoms with van der Waals surface area (Å²) in [5.74, 6) is 0. The largest absolute Gasteiger partial charge is 0.376 e. The summed E-state index contributed by atoms with van der Waals surface area (Å²) in [6.45, 7) is 7.68. The average Bonchev–Trinajstić information content (AvgIpc) is 2.87. The molecule has 2 aliphatic heterocycles. The van der Waals surface area contributed by atoms with Gasteiger partial charge in [-0.1, -0.05) is 6.07 Å². The van der Waals surface area contributed by atoms with Gasteiger partial charge < -0.3 is 9.64 Å². The second-order valence-electron chi connectivity index (χ2n) is 5.95. The van der Waals surface area contributed by atoms with Gasteiger partial charge in [0.1, 0.15) is 0 Å². The molecule has 0 unspecified atom stereocenters. The SMILES string of the molecule is c1cncc(CN2CCCO[C@@H](CN3CCCC3)C2)c1. The molecule has 110 valence electrons. The minimum atomic E-state index is 0.368. The molecule has 0 N–H and O–H groups in total. The van der Waals surface area contributed by atoms with Gasteiger partial charge in [0.15, 0.2) is 0 Å². The second kappa shape index (κ2) is 7.16. The van der Waals surface area contributed by atoms with Crippen LogP contribution in [0.4, 0.5) is 0 Å². The van der Waals surface area contributed by atoms with Gasteiger partial charge in [0.05, 0.1) is 6.10 Å². The lowest BCUT2D eigenvalue weighted by Gasteiger charge is -2.26. The first-order chi connectivity index (χ1) is 9.90. The zero-order chi connectivity index (χ0) is 13.6. The molecule has 3 heterocycles. The highest BCUT2D eigenvalue weighted by Crippen LogP contribution is 2.14. The molecule has 0 radical (unpaired) electrons. The molecule has 0 bridgehead atoms. The quantitative estimate of drug-likeness (QED) is 0.837. The van der Waals surface area contributed by atoms with Crippen LogP contribution >= 0.6 is 0 Å². The Kier molecular flexibility index (Phi) is 5.01. The van der Waals surface area contributed by atoms with Gasteiger partial charge in [0, 0.05) is 45.2 Å². The Morgan fingerprint density at radius 3 is 2.80 bits per heavy atom. The molecule has 4 heteroatoms. The maximum Gasteiger partial charge on any atom is 0.0828 e. The highest BCUT2D eigenvalue weighted by molar-refractivity contribution is 5.08. The zero-order valence-corrected chi connectivity index (χ0v) is 12.2. The van der Waals surface area contributed by atoms with Gasteiger partial charge in [0.25, 0.3) is 0 Å². The first-order valence-electron chi connectivity index (χ1n) is 7.85. The number of hydrogen-bond donors (Lipinski definition) is 0. The van der Waals surface area contributed by atoms with Gasteiger partial charge in [-0.3, -0.25) is 9.88 Å². The third kappa shape index (κ3) is 4.01. The molecule has 0 spiro atoms. The minimum absolute atomic E-state index is 0.368. The van der Waals surface area contributed by atoms with Crippen LogP contribution in [0.2, 0.25) is 0 Å². The van der Waals surface area contributed by atoms with E-state index in [1.807, 2.05) is 18.5 Å². The van der Waals surface area contributed by atoms with Crippen LogP contribution in [0.5, 0.6) is 0 Å². The van der Waals surface area contributed by atoms with Crippen LogP contribution in [0.15, 0.2) is 24.5 Å². The van der Waals surface area contributed by atoms with Crippen molar-refractivity contribution in [3.05, 3.63) is 30.1 Å². The van der Waals surface area contributed by atoms with Crippen LogP contribution in [0.1, 0.15) is 24.8 Å². The van der Waals surface area contributed by atoms with Crippen molar-refractivity contribution < 1.29 is 4.74 Å². The molecule has 0 aromatic carbocycles. The molecule has 0 saturated carbocycles. The van der Waals surface area contributed by atoms with Gasteiger partial charge in [-0.25, -0.2) is 0 Å². The first kappa shape index (κ1) is 14.0. The molecule has 3 rings (SSSR count). The molecule has 1 aromatic heterocycles. The highest BCUT2D eigenvalue weighted by atomic mass is 16.5. The van der Waals surface area contributed by atoms with Crippen LogP contribution in [-0.4, -0.2) is 60.2 Å². The molecule has 0 amide bonds. The lowest BCUT2D eigenvalue weighted by Crippen LogP contribution is -2.39. The predicted octanol–water partition coefficient (Wildman–Crippen LogP) is 1.77. The van der Waals surface area contributed by atoms with Crippen molar-refractivity contribution in [1.82, 2.24) is 14.8 Å². The van der Waals surface area contributed by atoms with Gasteiger partial charge in [-0.2, -0.15) is 0 Å². The number of likely N-dealkylation sites (tertiary alicyclic amines) is 1. The maximum atomic E-state index is 6.03. The van der Waals surface area contributed by atoms with E-state index in [4.69, 9.17) is 4.74 Å². The van der Waals surface area contributed by atoms with Crippen LogP contribution in [-0.2, 0) is 11.3 Å². The summed E-state index contributed by atoms with van der Waals surface area (Å²) in [6, 6.07) is 4.18. The molecule has 2 saturated heterocycles. The number of aromatic nitrogens is 1. The van der Waals surface area contributed by atoms with Gasteiger partial charge in [0.2, 0.25) is 0 Å². The fourth-order valence-corrected chi connectivity index (χ4v) is 3.23. The monoisotopic (exact) mass is 275 g/mol. The van der Waals surface area contributed by atoms with Crippen LogP contribution in [0.3, 0.4) is 0 Å². The molecule has 0 aliphatic carbocycles. The second-order valence-corrected chi connectivity index (χ2v) is 5.95. The predicted molar refractivity (Wildman–Crippen MR) is 79.5 cm³/mol. The van der Waals surface area contributed by atoms with E-state index in [1.165, 1.54) is 31.5 Å². The summed E-state index contributed by atoms with van der Waals surface area (Å²) in [4.78, 5) is 9.28. The lowest BCUT2D eigenvalue weighted by molar-refractivity contribution is 0.0308. The Balaban J connectivity index is 1.54. The summed E-state index contributed by atoms with van der Waals surface area (Å²) in [6.07, 6.45) is 8.02. The van der Waals surface area contributed by atoms with Gasteiger partial charge in [-0.05, 0) is 44.0 Å². The van der Waals surface area contributed by atoms with Gasteiger partial charge in [-0.15, -0.1) is 0 Å². The topological polar surface area (TPSA) is 28.6 Å². The average molecular weight is 275 g/mol. The van der Waals surface area contributed by atoms with E-state index in [0.717, 1.165) is 39.2 Å². The van der Waals surface area contributed by atoms with Crippen molar-refractivity contribution in [1.29, 1.82) is 0 Å². The summed E-state index contributed by atoms with van der Waals surface area (Å²) in [5, 5.41) is 0. The summed E-state index contributed by atoms with van der Waals surface area (Å²) in [5.41, 5.74) is 1.30. The Labute approximate surface area is 121 Å². The van der Waals surface area contributed by atoms with E-state index in [1.54, 1.807) is 0 Å². The minimum Gasteiger partial charge on any atom is -0.376 e. The maximum absolute atomic E-state index is 6.03. The molecular formula is C16H25N3O. The Morgan fingerprint density at radius 2 is 2.00 bits per heavy atom. The van der Waals surface area contributed by atoms with Crippen LogP contribution < -0.4 is 0 Å². The van der Waals surface area contributed by atoms with Crippen molar-refractivity contribution in [2.45, 2.75) is 31.9 Å². The van der Waals surface area contributed by atoms with Crippen LogP contribution in [0.25, 0.3) is 0 Å². The van der Waals surface area contributed by atoms with E-state index >= 15 is 0 Å². The number of hydrogen-bond acceptors (Lipinski definition) is 4. The smallest absolute Gasteiger partial charge is 0.0828 e. The van der Waals surface area contributed by atoms with E-state index in [-0.39, 0.29) is 0 Å². The molecule has 2 fully saturated rings. The number of pyridine rings is 1. The van der Waals surface area contributed by atoms with Crippen molar-refractivity contribution in [2.24, 2.45) is 0 Å². The van der Waals surface area contributed by atoms with Crippen LogP contribution in [0, 0.1) is 0 Å². The van der Waals surface area contributed by atoms with Gasteiger partial charge >= 0.3 is 0 Å². The summed E-state index contributed by atoms with van der Waals surface area (Å²) < 4.78 is 6.03. The molecule has 20 heavy (non-hydrogen) atoms. The normalized spacial score (nSPS) is 25.7. The number of ether oxygens (including phenoxy) is 1. The molecule has 4 nitrogen and oxygen atoms in total. The Morgan fingerprint density at radius 1 is 1.15 bits per heavy atom. The first-order valence-corrected chi connectivity index (χ1v) is 7.85. The molecular weight excluding hydrogens is 250 g/mol. The fraction of sp³-hybridized carbons (Fsp3) is 0.688. The molecule has 1 aromatic rings. The van der Waals surface area contributed by atoms with Crippen molar-refractivity contribution in [3.63, 3.8) is 0 Å². The standard InChI is InChI=1S/C16H25N3O/c1-2-8-18(7-1)13-16-14-19(9-4-10-20-16)12-15-5-3-6-17-11-15/h3,5-6,11,16H,1-2,4,7-10,12-14H2/t16-/m0/s1. The van der Waals surface area contributed by atoms with Crippen molar-refractivity contribution in [3.8, 4) is 0 Å². The van der Waals surface area contributed by atoms with Crippen molar-refractivity contribution in [2.75, 3.05) is 39.3 Å².